The predicted molar refractivity (Wildman–Crippen MR) is 258 cm³/mol. The van der Waals surface area contributed by atoms with E-state index in [9.17, 15) is 0 Å². The van der Waals surface area contributed by atoms with Crippen LogP contribution in [0.1, 0.15) is 26.3 Å². The summed E-state index contributed by atoms with van der Waals surface area (Å²) in [6.07, 6.45) is 0. The minimum Gasteiger partial charge on any atom is -0.310 e. The zero-order valence-corrected chi connectivity index (χ0v) is 34.1. The molecule has 1 aromatic heterocycles. The molecule has 60 heavy (non-hydrogen) atoms. The summed E-state index contributed by atoms with van der Waals surface area (Å²) in [5.74, 6) is 0. The van der Waals surface area contributed by atoms with Gasteiger partial charge in [0.05, 0.1) is 22.4 Å². The number of aromatic nitrogens is 1. The van der Waals surface area contributed by atoms with E-state index in [0.29, 0.717) is 0 Å². The SMILES string of the molecule is CC(C)(C)c1ccc(N(c2ccc3c4ccccc4n(-c4cc(-c5ccccc5)ccc4-c4ccccc4)c3c2)c2cccc3c4ccccc4c4ccccc4c23)cc1. The number of hydrogen-bond acceptors (Lipinski definition) is 1. The largest absolute Gasteiger partial charge is 0.310 e. The van der Waals surface area contributed by atoms with E-state index in [1.54, 1.807) is 0 Å². The quantitative estimate of drug-likeness (QED) is 0.153. The van der Waals surface area contributed by atoms with Crippen LogP contribution in [0, 0.1) is 0 Å². The molecule has 0 fully saturated rings. The first-order valence-electron chi connectivity index (χ1n) is 20.9. The number of para-hydroxylation sites is 1. The van der Waals surface area contributed by atoms with Crippen LogP contribution in [-0.4, -0.2) is 4.57 Å². The summed E-state index contributed by atoms with van der Waals surface area (Å²) in [5, 5.41) is 9.99. The van der Waals surface area contributed by atoms with Gasteiger partial charge in [-0.2, -0.15) is 0 Å². The van der Waals surface area contributed by atoms with Crippen molar-refractivity contribution in [3.63, 3.8) is 0 Å². The van der Waals surface area contributed by atoms with Gasteiger partial charge in [0, 0.05) is 33.1 Å². The number of fused-ring (bicyclic) bond motifs is 9. The second kappa shape index (κ2) is 14.1. The van der Waals surface area contributed by atoms with E-state index in [1.807, 2.05) is 0 Å². The summed E-state index contributed by atoms with van der Waals surface area (Å²) in [6, 6.07) is 78.2. The van der Waals surface area contributed by atoms with Gasteiger partial charge in [0.2, 0.25) is 0 Å². The fourth-order valence-corrected chi connectivity index (χ4v) is 9.41. The van der Waals surface area contributed by atoms with E-state index in [4.69, 9.17) is 0 Å². The molecule has 0 amide bonds. The monoisotopic (exact) mass is 768 g/mol. The molecule has 11 aromatic rings. The standard InChI is InChI=1S/C58H44N2/c1-58(2,3)42-30-32-43(33-31-42)59(54-28-16-26-52-48-22-11-10-21-46(48)47-23-12-13-25-51(47)57(52)54)44-34-36-50-49-24-14-15-27-53(49)60(56(50)38-44)55-37-41(39-17-6-4-7-18-39)29-35-45(55)40-19-8-5-9-20-40/h4-38H,1-3H3. The molecule has 2 heteroatoms. The molecule has 10 aromatic carbocycles. The predicted octanol–water partition coefficient (Wildman–Crippen LogP) is 16.3. The number of nitrogens with zero attached hydrogens (tertiary/aromatic N) is 2. The van der Waals surface area contributed by atoms with Crippen molar-refractivity contribution in [2.45, 2.75) is 26.2 Å². The second-order valence-electron chi connectivity index (χ2n) is 16.9. The van der Waals surface area contributed by atoms with Gasteiger partial charge in [-0.05, 0) is 97.1 Å². The van der Waals surface area contributed by atoms with Gasteiger partial charge in [-0.15, -0.1) is 0 Å². The molecular weight excluding hydrogens is 725 g/mol. The molecule has 11 rings (SSSR count). The Balaban J connectivity index is 1.23. The Morgan fingerprint density at radius 1 is 0.367 bits per heavy atom. The third kappa shape index (κ3) is 5.87. The highest BCUT2D eigenvalue weighted by molar-refractivity contribution is 6.29. The molecule has 0 spiro atoms. The Bertz CT molecular complexity index is 3340. The first-order chi connectivity index (χ1) is 29.4. The minimum absolute atomic E-state index is 0.0303. The summed E-state index contributed by atoms with van der Waals surface area (Å²) in [7, 11) is 0. The van der Waals surface area contributed by atoms with Crippen molar-refractivity contribution < 1.29 is 0 Å². The van der Waals surface area contributed by atoms with Crippen LogP contribution in [-0.2, 0) is 5.41 Å². The molecule has 0 radical (unpaired) electrons. The molecule has 0 aliphatic heterocycles. The van der Waals surface area contributed by atoms with Crippen molar-refractivity contribution in [3.05, 3.63) is 218 Å². The summed E-state index contributed by atoms with van der Waals surface area (Å²) in [4.78, 5) is 2.48. The Kier molecular flexibility index (Phi) is 8.42. The lowest BCUT2D eigenvalue weighted by molar-refractivity contribution is 0.590. The molecule has 0 aliphatic carbocycles. The number of anilines is 3. The zero-order valence-electron chi connectivity index (χ0n) is 34.1. The van der Waals surface area contributed by atoms with Gasteiger partial charge >= 0.3 is 0 Å². The van der Waals surface area contributed by atoms with Crippen molar-refractivity contribution in [1.82, 2.24) is 4.57 Å². The first-order valence-corrected chi connectivity index (χ1v) is 20.9. The third-order valence-corrected chi connectivity index (χ3v) is 12.3. The molecule has 286 valence electrons. The lowest BCUT2D eigenvalue weighted by Crippen LogP contribution is -2.13. The van der Waals surface area contributed by atoms with Gasteiger partial charge in [0.15, 0.2) is 0 Å². The molecule has 0 saturated carbocycles. The minimum atomic E-state index is 0.0303. The summed E-state index contributed by atoms with van der Waals surface area (Å²) in [5.41, 5.74) is 12.9. The van der Waals surface area contributed by atoms with E-state index in [1.165, 1.54) is 76.4 Å². The fraction of sp³-hybridized carbons (Fsp3) is 0.0690. The number of benzene rings is 10. The van der Waals surface area contributed by atoms with Crippen LogP contribution in [0.2, 0.25) is 0 Å². The molecule has 0 aliphatic rings. The molecule has 0 bridgehead atoms. The lowest BCUT2D eigenvalue weighted by Gasteiger charge is -2.29. The topological polar surface area (TPSA) is 8.17 Å². The maximum absolute atomic E-state index is 2.50. The van der Waals surface area contributed by atoms with Crippen LogP contribution in [0.4, 0.5) is 17.1 Å². The molecular formula is C58H44N2. The van der Waals surface area contributed by atoms with Crippen LogP contribution in [0.15, 0.2) is 212 Å². The van der Waals surface area contributed by atoms with Crippen LogP contribution < -0.4 is 4.90 Å². The van der Waals surface area contributed by atoms with Gasteiger partial charge in [0.25, 0.3) is 0 Å². The van der Waals surface area contributed by atoms with E-state index < -0.39 is 0 Å². The zero-order chi connectivity index (χ0) is 40.4. The van der Waals surface area contributed by atoms with Crippen molar-refractivity contribution in [2.24, 2.45) is 0 Å². The van der Waals surface area contributed by atoms with E-state index in [-0.39, 0.29) is 5.41 Å². The Labute approximate surface area is 351 Å². The van der Waals surface area contributed by atoms with Crippen LogP contribution >= 0.6 is 0 Å². The summed E-state index contributed by atoms with van der Waals surface area (Å²) < 4.78 is 2.50. The number of rotatable bonds is 6. The van der Waals surface area contributed by atoms with Crippen molar-refractivity contribution >= 4 is 71.2 Å². The average molecular weight is 769 g/mol. The Hall–Kier alpha value is -7.42. The first kappa shape index (κ1) is 35.7. The molecule has 0 N–H and O–H groups in total. The average Bonchev–Trinajstić information content (AvgIpc) is 3.63. The van der Waals surface area contributed by atoms with Gasteiger partial charge in [0.1, 0.15) is 0 Å². The molecule has 2 nitrogen and oxygen atoms in total. The van der Waals surface area contributed by atoms with Crippen LogP contribution in [0.25, 0.3) is 82.1 Å². The van der Waals surface area contributed by atoms with Crippen LogP contribution in [0.5, 0.6) is 0 Å². The van der Waals surface area contributed by atoms with E-state index in [2.05, 4.69) is 243 Å². The van der Waals surface area contributed by atoms with Crippen molar-refractivity contribution in [3.8, 4) is 27.9 Å². The summed E-state index contributed by atoms with van der Waals surface area (Å²) >= 11 is 0. The maximum atomic E-state index is 2.50. The smallest absolute Gasteiger partial charge is 0.0562 e. The fourth-order valence-electron chi connectivity index (χ4n) is 9.41. The highest BCUT2D eigenvalue weighted by Gasteiger charge is 2.23. The van der Waals surface area contributed by atoms with E-state index >= 15 is 0 Å². The molecule has 0 saturated heterocycles. The van der Waals surface area contributed by atoms with Gasteiger partial charge in [-0.3, -0.25) is 0 Å². The highest BCUT2D eigenvalue weighted by atomic mass is 15.1. The van der Waals surface area contributed by atoms with Crippen molar-refractivity contribution in [1.29, 1.82) is 0 Å². The summed E-state index contributed by atoms with van der Waals surface area (Å²) in [6.45, 7) is 6.85. The second-order valence-corrected chi connectivity index (χ2v) is 16.9. The Morgan fingerprint density at radius 3 is 1.57 bits per heavy atom. The van der Waals surface area contributed by atoms with Gasteiger partial charge < -0.3 is 9.47 Å². The molecule has 1 heterocycles. The highest BCUT2D eigenvalue weighted by Crippen LogP contribution is 2.47. The third-order valence-electron chi connectivity index (χ3n) is 12.3. The Morgan fingerprint density at radius 2 is 0.900 bits per heavy atom. The van der Waals surface area contributed by atoms with Gasteiger partial charge in [-0.25, -0.2) is 0 Å². The van der Waals surface area contributed by atoms with Gasteiger partial charge in [-0.1, -0.05) is 191 Å². The lowest BCUT2D eigenvalue weighted by atomic mass is 9.87. The van der Waals surface area contributed by atoms with Crippen molar-refractivity contribution in [2.75, 3.05) is 4.90 Å². The van der Waals surface area contributed by atoms with E-state index in [0.717, 1.165) is 28.3 Å². The molecule has 0 atom stereocenters. The normalized spacial score (nSPS) is 11.9. The maximum Gasteiger partial charge on any atom is 0.0562 e. The molecule has 0 unspecified atom stereocenters. The number of hydrogen-bond donors (Lipinski definition) is 0. The van der Waals surface area contributed by atoms with Crippen LogP contribution in [0.3, 0.4) is 0 Å².